The van der Waals surface area contributed by atoms with E-state index in [2.05, 4.69) is 4.98 Å². The number of alkyl halides is 3. The van der Waals surface area contributed by atoms with Crippen molar-refractivity contribution in [1.29, 1.82) is 0 Å². The van der Waals surface area contributed by atoms with E-state index in [0.29, 0.717) is 18.9 Å². The van der Waals surface area contributed by atoms with Crippen molar-refractivity contribution >= 4 is 26.6 Å². The van der Waals surface area contributed by atoms with Crippen LogP contribution >= 0.6 is 0 Å². The van der Waals surface area contributed by atoms with E-state index >= 15 is 0 Å². The zero-order valence-electron chi connectivity index (χ0n) is 16.3. The molecule has 4 rings (SSSR count). The van der Waals surface area contributed by atoms with Crippen LogP contribution < -0.4 is 4.90 Å². The maximum atomic E-state index is 13.0. The Kier molecular flexibility index (Phi) is 5.63. The topological polar surface area (TPSA) is 73.7 Å². The number of piperazine rings is 1. The number of aliphatic hydroxyl groups is 1. The largest absolute Gasteiger partial charge is 0.418 e. The van der Waals surface area contributed by atoms with Gasteiger partial charge in [0.1, 0.15) is 5.82 Å². The van der Waals surface area contributed by atoms with E-state index in [9.17, 15) is 26.7 Å². The Bertz CT molecular complexity index is 1180. The Morgan fingerprint density at radius 2 is 1.61 bits per heavy atom. The van der Waals surface area contributed by atoms with Gasteiger partial charge in [0.2, 0.25) is 10.0 Å². The summed E-state index contributed by atoms with van der Waals surface area (Å²) < 4.78 is 65.3. The van der Waals surface area contributed by atoms with Crippen LogP contribution in [-0.2, 0) is 10.0 Å². The molecule has 0 bridgehead atoms. The minimum atomic E-state index is -4.76. The molecule has 2 aromatic carbocycles. The molecule has 1 N–H and O–H groups in total. The molecule has 0 amide bonds. The average molecular weight is 451 g/mol. The lowest BCUT2D eigenvalue weighted by Crippen LogP contribution is -2.48. The third-order valence-electron chi connectivity index (χ3n) is 5.32. The average Bonchev–Trinajstić information content (AvgIpc) is 2.78. The highest BCUT2D eigenvalue weighted by atomic mass is 32.2. The zero-order valence-corrected chi connectivity index (χ0v) is 17.1. The molecule has 1 atom stereocenters. The first-order valence-electron chi connectivity index (χ1n) is 9.61. The Morgan fingerprint density at radius 3 is 2.23 bits per heavy atom. The van der Waals surface area contributed by atoms with Crippen molar-refractivity contribution in [3.8, 4) is 0 Å². The summed E-state index contributed by atoms with van der Waals surface area (Å²) in [5.41, 5.74) is -0.339. The summed E-state index contributed by atoms with van der Waals surface area (Å²) in [4.78, 5) is 6.04. The summed E-state index contributed by atoms with van der Waals surface area (Å²) in [6, 6.07) is 15.1. The van der Waals surface area contributed by atoms with Crippen molar-refractivity contribution in [3.05, 3.63) is 66.4 Å². The number of aromatic nitrogens is 1. The van der Waals surface area contributed by atoms with Crippen molar-refractivity contribution in [1.82, 2.24) is 9.29 Å². The fraction of sp³-hybridized carbons (Fsp3) is 0.286. The molecule has 2 heterocycles. The fourth-order valence-electron chi connectivity index (χ4n) is 3.57. The van der Waals surface area contributed by atoms with Gasteiger partial charge in [-0.1, -0.05) is 36.4 Å². The lowest BCUT2D eigenvalue weighted by molar-refractivity contribution is -0.206. The smallest absolute Gasteiger partial charge is 0.379 e. The summed E-state index contributed by atoms with van der Waals surface area (Å²) in [5.74, 6) is 0.431. The standard InChI is InChI=1S/C21H20F3N3O3S/c22-21(23,24)20(28)17-6-8-19(25-14-17)26-9-11-27(12-10-26)31(29,30)18-7-5-15-3-1-2-4-16(15)13-18/h1-8,13-14,20,28H,9-12H2. The first-order chi connectivity index (χ1) is 14.7. The first-order valence-corrected chi connectivity index (χ1v) is 11.0. The molecule has 10 heteroatoms. The second-order valence-electron chi connectivity index (χ2n) is 7.29. The number of rotatable bonds is 4. The highest BCUT2D eigenvalue weighted by Gasteiger charge is 2.39. The predicted molar refractivity (Wildman–Crippen MR) is 110 cm³/mol. The molecular formula is C21H20F3N3O3S. The highest BCUT2D eigenvalue weighted by Crippen LogP contribution is 2.32. The van der Waals surface area contributed by atoms with Gasteiger partial charge in [-0.3, -0.25) is 0 Å². The monoisotopic (exact) mass is 451 g/mol. The molecule has 6 nitrogen and oxygen atoms in total. The number of hydrogen-bond acceptors (Lipinski definition) is 5. The Morgan fingerprint density at radius 1 is 0.935 bits per heavy atom. The molecule has 1 unspecified atom stereocenters. The van der Waals surface area contributed by atoms with Crippen LogP contribution in [0.5, 0.6) is 0 Å². The van der Waals surface area contributed by atoms with Crippen molar-refractivity contribution < 1.29 is 26.7 Å². The number of fused-ring (bicyclic) bond motifs is 1. The lowest BCUT2D eigenvalue weighted by atomic mass is 10.1. The van der Waals surface area contributed by atoms with Crippen LogP contribution in [0.25, 0.3) is 10.8 Å². The number of anilines is 1. The summed E-state index contributed by atoms with van der Waals surface area (Å²) in [6.07, 6.45) is -6.35. The fourth-order valence-corrected chi connectivity index (χ4v) is 5.03. The lowest BCUT2D eigenvalue weighted by Gasteiger charge is -2.34. The van der Waals surface area contributed by atoms with Crippen molar-refractivity contribution in [2.75, 3.05) is 31.1 Å². The molecule has 1 aliphatic heterocycles. The molecule has 1 aromatic heterocycles. The molecule has 164 valence electrons. The SMILES string of the molecule is O=S(=O)(c1ccc2ccccc2c1)N1CCN(c2ccc(C(O)C(F)(F)F)cn2)CC1. The van der Waals surface area contributed by atoms with Crippen LogP contribution in [0.2, 0.25) is 0 Å². The van der Waals surface area contributed by atoms with Crippen molar-refractivity contribution in [2.24, 2.45) is 0 Å². The molecule has 1 aliphatic rings. The molecule has 1 fully saturated rings. The van der Waals surface area contributed by atoms with Gasteiger partial charge in [0.05, 0.1) is 4.90 Å². The quantitative estimate of drug-likeness (QED) is 0.659. The number of sulfonamides is 1. The van der Waals surface area contributed by atoms with Crippen LogP contribution in [-0.4, -0.2) is 55.2 Å². The van der Waals surface area contributed by atoms with E-state index in [4.69, 9.17) is 0 Å². The van der Waals surface area contributed by atoms with Gasteiger partial charge < -0.3 is 10.0 Å². The van der Waals surface area contributed by atoms with E-state index < -0.39 is 22.3 Å². The highest BCUT2D eigenvalue weighted by molar-refractivity contribution is 7.89. The number of nitrogens with zero attached hydrogens (tertiary/aromatic N) is 3. The van der Waals surface area contributed by atoms with Gasteiger partial charge in [-0.05, 0) is 29.0 Å². The van der Waals surface area contributed by atoms with Crippen LogP contribution in [0.15, 0.2) is 65.7 Å². The Hall–Kier alpha value is -2.69. The number of halogens is 3. The molecule has 0 saturated carbocycles. The van der Waals surface area contributed by atoms with Crippen LogP contribution in [0.4, 0.5) is 19.0 Å². The molecule has 31 heavy (non-hydrogen) atoms. The maximum Gasteiger partial charge on any atom is 0.418 e. The van der Waals surface area contributed by atoms with Crippen molar-refractivity contribution in [3.63, 3.8) is 0 Å². The summed E-state index contributed by atoms with van der Waals surface area (Å²) in [6.45, 7) is 1.15. The van der Waals surface area contributed by atoms with Crippen LogP contribution in [0, 0.1) is 0 Å². The first kappa shape index (κ1) is 21.5. The molecule has 3 aromatic rings. The second-order valence-corrected chi connectivity index (χ2v) is 9.23. The normalized spacial score (nSPS) is 17.1. The molecular weight excluding hydrogens is 431 g/mol. The number of aliphatic hydroxyl groups excluding tert-OH is 1. The summed E-state index contributed by atoms with van der Waals surface area (Å²) >= 11 is 0. The minimum absolute atomic E-state index is 0.225. The van der Waals surface area contributed by atoms with Gasteiger partial charge in [-0.25, -0.2) is 13.4 Å². The van der Waals surface area contributed by atoms with E-state index in [-0.39, 0.29) is 23.5 Å². The van der Waals surface area contributed by atoms with Gasteiger partial charge >= 0.3 is 6.18 Å². The van der Waals surface area contributed by atoms with E-state index in [1.165, 1.54) is 16.4 Å². The van der Waals surface area contributed by atoms with E-state index in [1.807, 2.05) is 24.3 Å². The van der Waals surface area contributed by atoms with Gasteiger partial charge in [0, 0.05) is 37.9 Å². The third kappa shape index (κ3) is 4.36. The maximum absolute atomic E-state index is 13.0. The van der Waals surface area contributed by atoms with Crippen LogP contribution in [0.3, 0.4) is 0 Å². The van der Waals surface area contributed by atoms with Gasteiger partial charge in [0.15, 0.2) is 6.10 Å². The Balaban J connectivity index is 1.45. The third-order valence-corrected chi connectivity index (χ3v) is 7.21. The zero-order chi connectivity index (χ0) is 22.2. The van der Waals surface area contributed by atoms with Gasteiger partial charge in [0.25, 0.3) is 0 Å². The summed E-state index contributed by atoms with van der Waals surface area (Å²) in [7, 11) is -3.67. The summed E-state index contributed by atoms with van der Waals surface area (Å²) in [5, 5.41) is 11.1. The van der Waals surface area contributed by atoms with Crippen LogP contribution in [0.1, 0.15) is 11.7 Å². The van der Waals surface area contributed by atoms with Gasteiger partial charge in [-0.2, -0.15) is 17.5 Å². The predicted octanol–water partition coefficient (Wildman–Crippen LogP) is 3.34. The van der Waals surface area contributed by atoms with Crippen molar-refractivity contribution in [2.45, 2.75) is 17.2 Å². The number of pyridine rings is 1. The van der Waals surface area contributed by atoms with E-state index in [0.717, 1.165) is 17.0 Å². The van der Waals surface area contributed by atoms with E-state index in [1.54, 1.807) is 23.1 Å². The molecule has 0 aliphatic carbocycles. The minimum Gasteiger partial charge on any atom is -0.379 e. The molecule has 0 spiro atoms. The molecule has 0 radical (unpaired) electrons. The Labute approximate surface area is 177 Å². The second kappa shape index (κ2) is 8.10. The number of hydrogen-bond donors (Lipinski definition) is 1. The number of benzene rings is 2. The molecule has 1 saturated heterocycles. The van der Waals surface area contributed by atoms with Gasteiger partial charge in [-0.15, -0.1) is 0 Å².